The van der Waals surface area contributed by atoms with Gasteiger partial charge in [-0.1, -0.05) is 68.3 Å². The summed E-state index contributed by atoms with van der Waals surface area (Å²) in [6.45, 7) is 11.2. The molecule has 0 saturated heterocycles. The highest BCUT2D eigenvalue weighted by molar-refractivity contribution is 9.10. The summed E-state index contributed by atoms with van der Waals surface area (Å²) in [5.41, 5.74) is 11.0. The number of amides is 2. The molecule has 8 rings (SSSR count). The average Bonchev–Trinajstić information content (AvgIpc) is 3.99. The van der Waals surface area contributed by atoms with E-state index in [0.29, 0.717) is 101 Å². The Labute approximate surface area is 429 Å². The van der Waals surface area contributed by atoms with Gasteiger partial charge in [-0.05, 0) is 145 Å². The molecule has 0 fully saturated rings. The number of ether oxygens (including phenoxy) is 8. The van der Waals surface area contributed by atoms with Crippen molar-refractivity contribution in [1.82, 2.24) is 9.80 Å². The highest BCUT2D eigenvalue weighted by atomic mass is 79.9. The molecule has 4 aliphatic rings. The highest BCUT2D eigenvalue weighted by Gasteiger charge is 2.52. The van der Waals surface area contributed by atoms with Crippen LogP contribution in [0.1, 0.15) is 86.8 Å². The van der Waals surface area contributed by atoms with E-state index in [1.807, 2.05) is 39.8 Å². The van der Waals surface area contributed by atoms with Gasteiger partial charge in [0.25, 0.3) is 11.8 Å². The molecule has 4 aromatic carbocycles. The number of carbonyl (C=O) groups excluding carboxylic acids is 2. The second-order valence-electron chi connectivity index (χ2n) is 18.0. The van der Waals surface area contributed by atoms with Crippen molar-refractivity contribution in [3.63, 3.8) is 0 Å². The molecule has 0 radical (unpaired) electrons. The molecule has 14 heteroatoms. The molecular weight excluding hydrogens is 1020 g/mol. The second kappa shape index (κ2) is 22.8. The molecule has 0 N–H and O–H groups in total. The van der Waals surface area contributed by atoms with E-state index in [9.17, 15) is 0 Å². The van der Waals surface area contributed by atoms with Crippen molar-refractivity contribution in [1.29, 1.82) is 0 Å². The van der Waals surface area contributed by atoms with Gasteiger partial charge in [0.1, 0.15) is 0 Å². The molecule has 4 aromatic rings. The third-order valence-electron chi connectivity index (χ3n) is 14.4. The van der Waals surface area contributed by atoms with Gasteiger partial charge in [0.2, 0.25) is 0 Å². The zero-order valence-electron chi connectivity index (χ0n) is 41.7. The summed E-state index contributed by atoms with van der Waals surface area (Å²) in [4.78, 5) is 35.1. The van der Waals surface area contributed by atoms with E-state index in [2.05, 4.69) is 92.5 Å². The number of hydrogen-bond donors (Lipinski definition) is 0. The smallest absolute Gasteiger partial charge is 0.261 e. The summed E-state index contributed by atoms with van der Waals surface area (Å²) in [6.07, 6.45) is 1.22. The molecule has 0 atom stereocenters. The molecule has 374 valence electrons. The lowest BCUT2D eigenvalue weighted by Gasteiger charge is -2.33. The van der Waals surface area contributed by atoms with Gasteiger partial charge in [-0.15, -0.1) is 0 Å². The van der Waals surface area contributed by atoms with Gasteiger partial charge in [-0.3, -0.25) is 9.59 Å². The molecule has 70 heavy (non-hydrogen) atoms. The number of carbonyl (C=O) groups is 2. The van der Waals surface area contributed by atoms with Crippen molar-refractivity contribution in [3.05, 3.63) is 126 Å². The normalized spacial score (nSPS) is 16.3. The Morgan fingerprint density at radius 3 is 1.06 bits per heavy atom. The van der Waals surface area contributed by atoms with Crippen LogP contribution in [0.4, 0.5) is 0 Å². The van der Waals surface area contributed by atoms with Gasteiger partial charge in [0.05, 0.1) is 35.6 Å². The average molecular weight is 1090 g/mol. The van der Waals surface area contributed by atoms with Crippen molar-refractivity contribution < 1.29 is 47.5 Å². The number of rotatable bonds is 26. The molecule has 2 aliphatic heterocycles. The fourth-order valence-corrected chi connectivity index (χ4v) is 12.1. The maximum Gasteiger partial charge on any atom is 0.261 e. The van der Waals surface area contributed by atoms with Crippen LogP contribution in [0.5, 0.6) is 0 Å². The van der Waals surface area contributed by atoms with Gasteiger partial charge < -0.3 is 47.7 Å². The summed E-state index contributed by atoms with van der Waals surface area (Å²) in [5, 5.41) is 0. The molecular formula is C56H66Br2N2O10. The van der Waals surface area contributed by atoms with Crippen LogP contribution in [0.15, 0.2) is 92.9 Å². The van der Waals surface area contributed by atoms with Gasteiger partial charge in [0.15, 0.2) is 12.6 Å². The monoisotopic (exact) mass is 1080 g/mol. The minimum atomic E-state index is -0.762. The predicted molar refractivity (Wildman–Crippen MR) is 278 cm³/mol. The Morgan fingerprint density at radius 1 is 0.457 bits per heavy atom. The van der Waals surface area contributed by atoms with E-state index in [4.69, 9.17) is 37.9 Å². The first-order valence-corrected chi connectivity index (χ1v) is 26.0. The van der Waals surface area contributed by atoms with Crippen LogP contribution >= 0.6 is 31.9 Å². The number of hydrogen-bond acceptors (Lipinski definition) is 10. The Bertz CT molecular complexity index is 2440. The number of methoxy groups -OCH3 is 4. The van der Waals surface area contributed by atoms with E-state index in [1.54, 1.807) is 38.2 Å². The molecule has 0 bridgehead atoms. The van der Waals surface area contributed by atoms with E-state index in [0.717, 1.165) is 53.5 Å². The topological polar surface area (TPSA) is 114 Å². The maximum atomic E-state index is 15.8. The van der Waals surface area contributed by atoms with Gasteiger partial charge in [0, 0.05) is 101 Å². The van der Waals surface area contributed by atoms with Crippen LogP contribution in [0.25, 0.3) is 33.6 Å². The van der Waals surface area contributed by atoms with Crippen LogP contribution in [0, 0.1) is 0 Å². The van der Waals surface area contributed by atoms with E-state index < -0.39 is 23.4 Å². The van der Waals surface area contributed by atoms with Crippen LogP contribution in [-0.2, 0) is 58.3 Å². The van der Waals surface area contributed by atoms with E-state index in [1.165, 1.54) is 11.1 Å². The molecule has 0 unspecified atom stereocenters. The molecule has 0 spiro atoms. The number of nitrogens with zero attached hydrogens (tertiary/aromatic N) is 2. The SMILES string of the molecule is CCOC(CN1C(=O)C2=C(c3ccc4c(c3)C(CCOC)(CCOC)c3cc(Br)ccc3-4)N(CC(OCC)OCC)C(=O)C2=C1c1ccc2c(c1)C(CCOC)(CCOC)c1cc(Br)ccc1-2)OCC. The molecule has 12 nitrogen and oxygen atoms in total. The quantitative estimate of drug-likeness (QED) is 0.0563. The van der Waals surface area contributed by atoms with Crippen molar-refractivity contribution in [2.45, 2.75) is 76.8 Å². The summed E-state index contributed by atoms with van der Waals surface area (Å²) in [6, 6.07) is 25.6. The van der Waals surface area contributed by atoms with Crippen LogP contribution < -0.4 is 0 Å². The second-order valence-corrected chi connectivity index (χ2v) is 19.8. The maximum absolute atomic E-state index is 15.8. The van der Waals surface area contributed by atoms with Crippen molar-refractivity contribution in [3.8, 4) is 22.3 Å². The van der Waals surface area contributed by atoms with Crippen LogP contribution in [-0.4, -0.2) is 129 Å². The molecule has 2 heterocycles. The highest BCUT2D eigenvalue weighted by Crippen LogP contribution is 2.57. The zero-order chi connectivity index (χ0) is 49.7. The Kier molecular flexibility index (Phi) is 17.0. The summed E-state index contributed by atoms with van der Waals surface area (Å²) in [5.74, 6) is -0.639. The molecule has 0 saturated carbocycles. The molecule has 0 aromatic heterocycles. The third-order valence-corrected chi connectivity index (χ3v) is 15.4. The summed E-state index contributed by atoms with van der Waals surface area (Å²) in [7, 11) is 6.90. The van der Waals surface area contributed by atoms with E-state index in [-0.39, 0.29) is 24.9 Å². The minimum Gasteiger partial charge on any atom is -0.385 e. The van der Waals surface area contributed by atoms with Crippen molar-refractivity contribution in [2.75, 3.05) is 94.4 Å². The first kappa shape index (κ1) is 52.3. The number of halogens is 2. The minimum absolute atomic E-state index is 0.0538. The fourth-order valence-electron chi connectivity index (χ4n) is 11.4. The number of fused-ring (bicyclic) bond motifs is 7. The Morgan fingerprint density at radius 2 is 0.757 bits per heavy atom. The summed E-state index contributed by atoms with van der Waals surface area (Å²) < 4.78 is 49.7. The lowest BCUT2D eigenvalue weighted by Crippen LogP contribution is -2.39. The number of benzene rings is 4. The Balaban J connectivity index is 1.40. The lowest BCUT2D eigenvalue weighted by molar-refractivity contribution is -0.151. The van der Waals surface area contributed by atoms with Gasteiger partial charge >= 0.3 is 0 Å². The largest absolute Gasteiger partial charge is 0.385 e. The molecule has 2 amide bonds. The summed E-state index contributed by atoms with van der Waals surface area (Å²) >= 11 is 7.54. The first-order chi connectivity index (χ1) is 34.0. The van der Waals surface area contributed by atoms with Crippen LogP contribution in [0.3, 0.4) is 0 Å². The first-order valence-electron chi connectivity index (χ1n) is 24.5. The van der Waals surface area contributed by atoms with Gasteiger partial charge in [-0.25, -0.2) is 0 Å². The van der Waals surface area contributed by atoms with E-state index >= 15 is 9.59 Å². The van der Waals surface area contributed by atoms with Gasteiger partial charge in [-0.2, -0.15) is 0 Å². The Hall–Kier alpha value is -4.06. The third kappa shape index (κ3) is 9.42. The predicted octanol–water partition coefficient (Wildman–Crippen LogP) is 10.5. The fraction of sp³-hybridized carbons (Fsp3) is 0.464. The zero-order valence-corrected chi connectivity index (χ0v) is 44.9. The lowest BCUT2D eigenvalue weighted by atomic mass is 9.72. The molecule has 2 aliphatic carbocycles. The standard InChI is InChI=1S/C56H66Br2N2O10/c1-9-67-47(68-10-2)33-59-51(35-13-17-39-41-19-15-37(57)31-45(41)55(21-25-63-5,22-26-64-6)43(39)29-35)49-50(53(59)61)52(60(54(49)62)34-48(69-11-3)70-12-4)36-14-18-40-42-20-16-38(58)32-46(42)56(23-27-65-7,24-28-66-8)44(40)30-36/h13-20,29-32,47-48H,9-12,21-28,33-34H2,1-8H3. The van der Waals surface area contributed by atoms with Crippen molar-refractivity contribution in [2.24, 2.45) is 0 Å². The van der Waals surface area contributed by atoms with Crippen LogP contribution in [0.2, 0.25) is 0 Å². The van der Waals surface area contributed by atoms with Crippen molar-refractivity contribution >= 4 is 55.1 Å².